The van der Waals surface area contributed by atoms with Gasteiger partial charge in [0.1, 0.15) is 0 Å². The van der Waals surface area contributed by atoms with Crippen molar-refractivity contribution >= 4 is 5.97 Å². The van der Waals surface area contributed by atoms with Crippen LogP contribution in [0.2, 0.25) is 0 Å². The van der Waals surface area contributed by atoms with E-state index in [4.69, 9.17) is 4.74 Å². The van der Waals surface area contributed by atoms with Crippen molar-refractivity contribution in [2.75, 3.05) is 6.61 Å². The fourth-order valence-corrected chi connectivity index (χ4v) is 1.75. The standard InChI is InChI=1S/C12H24O2/c1-7-14-12(13)11(9(4)5)10(6)8(2)3/h8-11H,7H2,1-6H3. The molecule has 0 saturated carbocycles. The first-order valence-corrected chi connectivity index (χ1v) is 5.58. The third kappa shape index (κ3) is 3.69. The predicted molar refractivity (Wildman–Crippen MR) is 59.0 cm³/mol. The molecule has 14 heavy (non-hydrogen) atoms. The molecule has 0 bridgehead atoms. The van der Waals surface area contributed by atoms with Crippen molar-refractivity contribution in [3.63, 3.8) is 0 Å². The monoisotopic (exact) mass is 200 g/mol. The molecule has 0 aliphatic rings. The Morgan fingerprint density at radius 1 is 1.07 bits per heavy atom. The van der Waals surface area contributed by atoms with E-state index in [0.717, 1.165) is 0 Å². The summed E-state index contributed by atoms with van der Waals surface area (Å²) in [7, 11) is 0. The molecule has 2 unspecified atom stereocenters. The summed E-state index contributed by atoms with van der Waals surface area (Å²) in [6.07, 6.45) is 0. The van der Waals surface area contributed by atoms with Crippen molar-refractivity contribution in [2.24, 2.45) is 23.7 Å². The van der Waals surface area contributed by atoms with Gasteiger partial charge in [-0.05, 0) is 24.7 Å². The van der Waals surface area contributed by atoms with E-state index in [0.29, 0.717) is 24.4 Å². The van der Waals surface area contributed by atoms with E-state index < -0.39 is 0 Å². The molecule has 0 aromatic rings. The maximum Gasteiger partial charge on any atom is 0.309 e. The highest BCUT2D eigenvalue weighted by Crippen LogP contribution is 2.28. The van der Waals surface area contributed by atoms with Crippen molar-refractivity contribution < 1.29 is 9.53 Å². The lowest BCUT2D eigenvalue weighted by Gasteiger charge is -2.28. The lowest BCUT2D eigenvalue weighted by atomic mass is 9.78. The van der Waals surface area contributed by atoms with Gasteiger partial charge in [0.05, 0.1) is 12.5 Å². The van der Waals surface area contributed by atoms with Crippen LogP contribution in [0.15, 0.2) is 0 Å². The maximum absolute atomic E-state index is 11.7. The molecule has 0 aliphatic heterocycles. The van der Waals surface area contributed by atoms with Crippen LogP contribution in [-0.2, 0) is 9.53 Å². The van der Waals surface area contributed by atoms with E-state index in [9.17, 15) is 4.79 Å². The van der Waals surface area contributed by atoms with Crippen LogP contribution in [0.25, 0.3) is 0 Å². The van der Waals surface area contributed by atoms with Crippen molar-refractivity contribution in [1.29, 1.82) is 0 Å². The molecule has 0 aromatic carbocycles. The summed E-state index contributed by atoms with van der Waals surface area (Å²) in [6.45, 7) is 12.9. The maximum atomic E-state index is 11.7. The first-order chi connectivity index (χ1) is 6.41. The molecule has 2 nitrogen and oxygen atoms in total. The van der Waals surface area contributed by atoms with E-state index in [2.05, 4.69) is 34.6 Å². The topological polar surface area (TPSA) is 26.3 Å². The Morgan fingerprint density at radius 2 is 1.57 bits per heavy atom. The third-order valence-electron chi connectivity index (χ3n) is 2.90. The average molecular weight is 200 g/mol. The molecule has 2 atom stereocenters. The highest BCUT2D eigenvalue weighted by Gasteiger charge is 2.30. The number of carbonyl (C=O) groups is 1. The van der Waals surface area contributed by atoms with Gasteiger partial charge in [-0.15, -0.1) is 0 Å². The predicted octanol–water partition coefficient (Wildman–Crippen LogP) is 3.11. The van der Waals surface area contributed by atoms with Gasteiger partial charge in [-0.25, -0.2) is 0 Å². The fraction of sp³-hybridized carbons (Fsp3) is 0.917. The largest absolute Gasteiger partial charge is 0.466 e. The second kappa shape index (κ2) is 6.05. The van der Waals surface area contributed by atoms with Gasteiger partial charge in [0.2, 0.25) is 0 Å². The Morgan fingerprint density at radius 3 is 1.86 bits per heavy atom. The summed E-state index contributed by atoms with van der Waals surface area (Å²) in [4.78, 5) is 11.7. The SMILES string of the molecule is CCOC(=O)C(C(C)C)C(C)C(C)C. The zero-order valence-electron chi connectivity index (χ0n) is 10.3. The van der Waals surface area contributed by atoms with Crippen molar-refractivity contribution in [2.45, 2.75) is 41.5 Å². The smallest absolute Gasteiger partial charge is 0.309 e. The molecular weight excluding hydrogens is 176 g/mol. The third-order valence-corrected chi connectivity index (χ3v) is 2.90. The van der Waals surface area contributed by atoms with Gasteiger partial charge in [-0.3, -0.25) is 4.79 Å². The molecule has 0 spiro atoms. The first-order valence-electron chi connectivity index (χ1n) is 5.58. The molecule has 0 aromatic heterocycles. The Bertz CT molecular complexity index is 173. The number of rotatable bonds is 5. The first kappa shape index (κ1) is 13.5. The fourth-order valence-electron chi connectivity index (χ4n) is 1.75. The number of ether oxygens (including phenoxy) is 1. The van der Waals surface area contributed by atoms with E-state index >= 15 is 0 Å². The average Bonchev–Trinajstić information content (AvgIpc) is 2.03. The second-order valence-electron chi connectivity index (χ2n) is 4.62. The normalized spacial score (nSPS) is 15.7. The minimum atomic E-state index is -0.0382. The lowest BCUT2D eigenvalue weighted by Crippen LogP contribution is -2.31. The molecule has 0 heterocycles. The molecule has 0 aliphatic carbocycles. The quantitative estimate of drug-likeness (QED) is 0.637. The van der Waals surface area contributed by atoms with E-state index in [1.807, 2.05) is 6.92 Å². The summed E-state index contributed by atoms with van der Waals surface area (Å²) in [5, 5.41) is 0. The molecule has 0 N–H and O–H groups in total. The van der Waals surface area contributed by atoms with Crippen LogP contribution in [-0.4, -0.2) is 12.6 Å². The van der Waals surface area contributed by atoms with Gasteiger partial charge < -0.3 is 4.74 Å². The van der Waals surface area contributed by atoms with Gasteiger partial charge >= 0.3 is 5.97 Å². The Balaban J connectivity index is 4.51. The number of esters is 1. The van der Waals surface area contributed by atoms with E-state index in [-0.39, 0.29) is 11.9 Å². The van der Waals surface area contributed by atoms with Crippen molar-refractivity contribution in [3.8, 4) is 0 Å². The minimum Gasteiger partial charge on any atom is -0.466 e. The van der Waals surface area contributed by atoms with Crippen LogP contribution >= 0.6 is 0 Å². The molecule has 0 amide bonds. The van der Waals surface area contributed by atoms with Crippen LogP contribution in [0.3, 0.4) is 0 Å². The Labute approximate surface area is 88.0 Å². The number of carbonyl (C=O) groups excluding carboxylic acids is 1. The van der Waals surface area contributed by atoms with Crippen LogP contribution in [0.5, 0.6) is 0 Å². The van der Waals surface area contributed by atoms with Gasteiger partial charge in [0.25, 0.3) is 0 Å². The van der Waals surface area contributed by atoms with Crippen molar-refractivity contribution in [1.82, 2.24) is 0 Å². The summed E-state index contributed by atoms with van der Waals surface area (Å²) in [5.41, 5.74) is 0. The Hall–Kier alpha value is -0.530. The molecule has 0 saturated heterocycles. The highest BCUT2D eigenvalue weighted by molar-refractivity contribution is 5.73. The zero-order valence-corrected chi connectivity index (χ0v) is 10.3. The van der Waals surface area contributed by atoms with Crippen LogP contribution < -0.4 is 0 Å². The second-order valence-corrected chi connectivity index (χ2v) is 4.62. The molecule has 84 valence electrons. The summed E-state index contributed by atoms with van der Waals surface area (Å²) in [6, 6.07) is 0. The van der Waals surface area contributed by atoms with Crippen LogP contribution in [0.1, 0.15) is 41.5 Å². The van der Waals surface area contributed by atoms with Crippen LogP contribution in [0, 0.1) is 23.7 Å². The molecule has 2 heteroatoms. The molecule has 0 radical (unpaired) electrons. The van der Waals surface area contributed by atoms with Gasteiger partial charge in [-0.2, -0.15) is 0 Å². The highest BCUT2D eigenvalue weighted by atomic mass is 16.5. The molecular formula is C12H24O2. The molecule has 0 fully saturated rings. The van der Waals surface area contributed by atoms with E-state index in [1.165, 1.54) is 0 Å². The summed E-state index contributed by atoms with van der Waals surface area (Å²) in [5.74, 6) is 1.26. The number of hydrogen-bond donors (Lipinski definition) is 0. The molecule has 0 rings (SSSR count). The van der Waals surface area contributed by atoms with E-state index in [1.54, 1.807) is 0 Å². The lowest BCUT2D eigenvalue weighted by molar-refractivity contribution is -0.152. The van der Waals surface area contributed by atoms with Crippen molar-refractivity contribution in [3.05, 3.63) is 0 Å². The van der Waals surface area contributed by atoms with Gasteiger partial charge in [-0.1, -0.05) is 34.6 Å². The summed E-state index contributed by atoms with van der Waals surface area (Å²) >= 11 is 0. The Kier molecular flexibility index (Phi) is 5.82. The van der Waals surface area contributed by atoms with Crippen LogP contribution in [0.4, 0.5) is 0 Å². The number of hydrogen-bond acceptors (Lipinski definition) is 2. The van der Waals surface area contributed by atoms with Gasteiger partial charge in [0.15, 0.2) is 0 Å². The minimum absolute atomic E-state index is 0.0370. The zero-order chi connectivity index (χ0) is 11.3. The summed E-state index contributed by atoms with van der Waals surface area (Å²) < 4.78 is 5.10. The van der Waals surface area contributed by atoms with Gasteiger partial charge in [0, 0.05) is 0 Å².